The topological polar surface area (TPSA) is 64.1 Å². The van der Waals surface area contributed by atoms with Gasteiger partial charge in [0.25, 0.3) is 5.91 Å². The average Bonchev–Trinajstić information content (AvgIpc) is 2.85. The molecule has 1 aromatic heterocycles. The second-order valence-electron chi connectivity index (χ2n) is 7.57. The highest BCUT2D eigenvalue weighted by atomic mass is 35.5. The number of hydrogen-bond donors (Lipinski definition) is 2. The van der Waals surface area contributed by atoms with Crippen molar-refractivity contribution in [1.29, 1.82) is 0 Å². The van der Waals surface area contributed by atoms with Crippen LogP contribution in [-0.2, 0) is 3.63 Å². The van der Waals surface area contributed by atoms with Crippen LogP contribution in [-0.4, -0.2) is 28.2 Å². The molecular weight excluding hydrogens is 659 g/mol. The standard InChI is InChI=1S/C12H4Cl6OS2.C11H17N3OS/c13-5-1-7(15)11(8(16)2-5)20-19-21-12-9(17)3-6(14)4-10(12)18;1-8(9(2)7-16)5-14-11(15)10-6-12-3-4-13-10/h1-4H;3-4,6,8-9,16H,5,7H2,1-2H3,(H,14,15). The fourth-order valence-electron chi connectivity index (χ4n) is 2.44. The number of amides is 1. The van der Waals surface area contributed by atoms with Crippen LogP contribution in [0, 0.1) is 11.8 Å². The third-order valence-electron chi connectivity index (χ3n) is 4.80. The van der Waals surface area contributed by atoms with E-state index in [0.717, 1.165) is 29.8 Å². The summed E-state index contributed by atoms with van der Waals surface area (Å²) in [4.78, 5) is 20.5. The van der Waals surface area contributed by atoms with Crippen molar-refractivity contribution in [2.75, 3.05) is 12.3 Å². The minimum Gasteiger partial charge on any atom is -0.350 e. The molecule has 0 aliphatic carbocycles. The SMILES string of the molecule is CC(CS)C(C)CNC(=O)c1cnccn1.Clc1cc(Cl)c(SOSc2c(Cl)cc(Cl)cc2Cl)c(Cl)c1. The molecule has 0 aliphatic heterocycles. The Balaban J connectivity index is 0.000000271. The van der Waals surface area contributed by atoms with Gasteiger partial charge in [-0.3, -0.25) is 9.78 Å². The lowest BCUT2D eigenvalue weighted by Gasteiger charge is -2.17. The molecule has 14 heteroatoms. The second kappa shape index (κ2) is 16.8. The first-order valence-electron chi connectivity index (χ1n) is 10.5. The monoisotopic (exact) mass is 677 g/mol. The Morgan fingerprint density at radius 1 is 0.892 bits per heavy atom. The molecule has 0 fully saturated rings. The number of thiol groups is 1. The van der Waals surface area contributed by atoms with Crippen molar-refractivity contribution in [3.63, 3.8) is 0 Å². The van der Waals surface area contributed by atoms with E-state index in [1.54, 1.807) is 30.5 Å². The second-order valence-corrected chi connectivity index (χ2v) is 12.1. The molecule has 3 aromatic rings. The fraction of sp³-hybridized carbons (Fsp3) is 0.261. The molecule has 0 aliphatic rings. The Kier molecular flexibility index (Phi) is 14.9. The Bertz CT molecular complexity index is 1090. The molecule has 2 aromatic carbocycles. The van der Waals surface area contributed by atoms with Crippen molar-refractivity contribution >= 4 is 112 Å². The third kappa shape index (κ3) is 11.0. The first-order valence-corrected chi connectivity index (χ1v) is 14.9. The van der Waals surface area contributed by atoms with Crippen LogP contribution >= 0.6 is 106 Å². The van der Waals surface area contributed by atoms with Crippen LogP contribution in [0.15, 0.2) is 52.6 Å². The van der Waals surface area contributed by atoms with E-state index in [4.69, 9.17) is 73.2 Å². The number of carbonyl (C=O) groups is 1. The van der Waals surface area contributed by atoms with Crippen molar-refractivity contribution in [2.24, 2.45) is 11.8 Å². The van der Waals surface area contributed by atoms with E-state index >= 15 is 0 Å². The minimum absolute atomic E-state index is 0.175. The summed E-state index contributed by atoms with van der Waals surface area (Å²) in [6.07, 6.45) is 4.51. The smallest absolute Gasteiger partial charge is 0.271 e. The first-order chi connectivity index (χ1) is 17.5. The van der Waals surface area contributed by atoms with Gasteiger partial charge in [0, 0.05) is 53.1 Å². The van der Waals surface area contributed by atoms with Crippen LogP contribution < -0.4 is 5.32 Å². The molecule has 5 nitrogen and oxygen atoms in total. The van der Waals surface area contributed by atoms with Crippen LogP contribution in [0.5, 0.6) is 0 Å². The highest BCUT2D eigenvalue weighted by Gasteiger charge is 2.14. The summed E-state index contributed by atoms with van der Waals surface area (Å²) in [5, 5.41) is 5.32. The maximum Gasteiger partial charge on any atom is 0.271 e. The number of halogens is 6. The number of nitrogens with one attached hydrogen (secondary N) is 1. The molecule has 200 valence electrons. The van der Waals surface area contributed by atoms with E-state index in [2.05, 4.69) is 41.8 Å². The number of benzene rings is 2. The molecule has 37 heavy (non-hydrogen) atoms. The Morgan fingerprint density at radius 3 is 1.78 bits per heavy atom. The molecule has 2 unspecified atom stereocenters. The van der Waals surface area contributed by atoms with Gasteiger partial charge < -0.3 is 5.32 Å². The van der Waals surface area contributed by atoms with Gasteiger partial charge in [-0.15, -0.1) is 0 Å². The number of rotatable bonds is 9. The maximum absolute atomic E-state index is 11.6. The van der Waals surface area contributed by atoms with Gasteiger partial charge >= 0.3 is 0 Å². The van der Waals surface area contributed by atoms with Gasteiger partial charge in [-0.25, -0.2) is 8.61 Å². The number of carbonyl (C=O) groups excluding carboxylic acids is 1. The molecule has 0 radical (unpaired) electrons. The van der Waals surface area contributed by atoms with Crippen LogP contribution in [0.4, 0.5) is 0 Å². The van der Waals surface area contributed by atoms with Gasteiger partial charge in [-0.1, -0.05) is 83.5 Å². The van der Waals surface area contributed by atoms with Gasteiger partial charge in [0.15, 0.2) is 0 Å². The van der Waals surface area contributed by atoms with Crippen molar-refractivity contribution in [1.82, 2.24) is 15.3 Å². The van der Waals surface area contributed by atoms with Crippen LogP contribution in [0.3, 0.4) is 0 Å². The zero-order valence-electron chi connectivity index (χ0n) is 19.4. The van der Waals surface area contributed by atoms with E-state index in [-0.39, 0.29) is 5.91 Å². The summed E-state index contributed by atoms with van der Waals surface area (Å²) in [5.74, 6) is 1.53. The van der Waals surface area contributed by atoms with Gasteiger partial charge in [0.05, 0.1) is 36.1 Å². The van der Waals surface area contributed by atoms with Crippen molar-refractivity contribution < 1.29 is 8.42 Å². The summed E-state index contributed by atoms with van der Waals surface area (Å²) >= 11 is 42.1. The number of aromatic nitrogens is 2. The minimum atomic E-state index is -0.175. The molecule has 0 spiro atoms. The van der Waals surface area contributed by atoms with Crippen molar-refractivity contribution in [3.8, 4) is 0 Å². The molecular formula is C23H21Cl6N3O2S3. The molecule has 1 heterocycles. The summed E-state index contributed by atoms with van der Waals surface area (Å²) < 4.78 is 5.42. The predicted molar refractivity (Wildman–Crippen MR) is 162 cm³/mol. The number of hydrogen-bond acceptors (Lipinski definition) is 7. The average molecular weight is 680 g/mol. The van der Waals surface area contributed by atoms with E-state index in [0.29, 0.717) is 64.0 Å². The summed E-state index contributed by atoms with van der Waals surface area (Å²) in [7, 11) is 0. The predicted octanol–water partition coefficient (Wildman–Crippen LogP) is 9.75. The third-order valence-corrected chi connectivity index (χ3v) is 9.21. The van der Waals surface area contributed by atoms with Gasteiger partial charge in [-0.2, -0.15) is 12.6 Å². The Morgan fingerprint density at radius 2 is 1.38 bits per heavy atom. The quantitative estimate of drug-likeness (QED) is 0.173. The molecule has 1 amide bonds. The lowest BCUT2D eigenvalue weighted by Crippen LogP contribution is -2.31. The van der Waals surface area contributed by atoms with Crippen LogP contribution in [0.2, 0.25) is 30.1 Å². The Labute approximate surface area is 260 Å². The largest absolute Gasteiger partial charge is 0.350 e. The molecule has 3 rings (SSSR count). The fourth-order valence-corrected chi connectivity index (χ4v) is 6.05. The van der Waals surface area contributed by atoms with Crippen molar-refractivity contribution in [3.05, 3.63) is 78.7 Å². The first kappa shape index (κ1) is 32.9. The lowest BCUT2D eigenvalue weighted by atomic mass is 9.98. The molecule has 0 bridgehead atoms. The van der Waals surface area contributed by atoms with E-state index in [1.807, 2.05) is 0 Å². The zero-order valence-corrected chi connectivity index (χ0v) is 26.4. The molecule has 1 N–H and O–H groups in total. The van der Waals surface area contributed by atoms with Crippen molar-refractivity contribution in [2.45, 2.75) is 23.6 Å². The van der Waals surface area contributed by atoms with Crippen LogP contribution in [0.1, 0.15) is 24.3 Å². The summed E-state index contributed by atoms with van der Waals surface area (Å²) in [6, 6.07) is 6.31. The molecule has 2 atom stereocenters. The zero-order chi connectivity index (χ0) is 27.5. The highest BCUT2D eigenvalue weighted by Crippen LogP contribution is 2.43. The molecule has 0 saturated heterocycles. The molecule has 0 saturated carbocycles. The normalized spacial score (nSPS) is 12.4. The van der Waals surface area contributed by atoms with Gasteiger partial charge in [-0.05, 0) is 41.9 Å². The maximum atomic E-state index is 11.6. The van der Waals surface area contributed by atoms with Gasteiger partial charge in [0.1, 0.15) is 5.69 Å². The van der Waals surface area contributed by atoms with E-state index in [1.165, 1.54) is 12.4 Å². The van der Waals surface area contributed by atoms with E-state index in [9.17, 15) is 4.79 Å². The summed E-state index contributed by atoms with van der Waals surface area (Å²) in [5.41, 5.74) is 0.355. The highest BCUT2D eigenvalue weighted by molar-refractivity contribution is 8.08. The van der Waals surface area contributed by atoms with Gasteiger partial charge in [0.2, 0.25) is 0 Å². The van der Waals surface area contributed by atoms with E-state index < -0.39 is 0 Å². The number of nitrogens with zero attached hydrogens (tertiary/aromatic N) is 2. The summed E-state index contributed by atoms with van der Waals surface area (Å²) in [6.45, 7) is 4.85. The Hall–Kier alpha value is -0.260. The lowest BCUT2D eigenvalue weighted by molar-refractivity contribution is 0.0939. The van der Waals surface area contributed by atoms with Crippen LogP contribution in [0.25, 0.3) is 0 Å².